The lowest BCUT2D eigenvalue weighted by Gasteiger charge is -2.31. The first kappa shape index (κ1) is 16.2. The van der Waals surface area contributed by atoms with Crippen LogP contribution < -0.4 is 10.2 Å². The van der Waals surface area contributed by atoms with Crippen molar-refractivity contribution in [3.8, 4) is 0 Å². The van der Waals surface area contributed by atoms with E-state index in [1.807, 2.05) is 27.0 Å². The second-order valence-electron chi connectivity index (χ2n) is 7.79. The molecule has 126 valence electrons. The molecule has 3 rings (SSSR count). The van der Waals surface area contributed by atoms with Crippen LogP contribution in [0.1, 0.15) is 70.2 Å². The normalized spacial score (nSPS) is 21.7. The minimum absolute atomic E-state index is 0.0564. The van der Waals surface area contributed by atoms with Crippen LogP contribution in [0.25, 0.3) is 0 Å². The molecule has 23 heavy (non-hydrogen) atoms. The topological polar surface area (TPSA) is 58.1 Å². The molecule has 0 bridgehead atoms. The minimum atomic E-state index is -0.369. The summed E-state index contributed by atoms with van der Waals surface area (Å²) in [6.45, 7) is 7.96. The highest BCUT2D eigenvalue weighted by molar-refractivity contribution is 5.81. The monoisotopic (exact) mass is 316 g/mol. The average Bonchev–Trinajstić information content (AvgIpc) is 2.54. The summed E-state index contributed by atoms with van der Waals surface area (Å²) in [5.74, 6) is 0.960. The predicted octanol–water partition coefficient (Wildman–Crippen LogP) is 3.01. The van der Waals surface area contributed by atoms with Crippen molar-refractivity contribution in [1.29, 1.82) is 0 Å². The number of nitrogens with zero attached hydrogens (tertiary/aromatic N) is 3. The predicted molar refractivity (Wildman–Crippen MR) is 91.4 cm³/mol. The molecule has 5 nitrogen and oxygen atoms in total. The van der Waals surface area contributed by atoms with Gasteiger partial charge in [-0.2, -0.15) is 0 Å². The van der Waals surface area contributed by atoms with Crippen molar-refractivity contribution in [1.82, 2.24) is 15.3 Å². The van der Waals surface area contributed by atoms with E-state index in [0.29, 0.717) is 0 Å². The van der Waals surface area contributed by atoms with Gasteiger partial charge in [-0.15, -0.1) is 0 Å². The van der Waals surface area contributed by atoms with E-state index in [1.54, 1.807) is 0 Å². The van der Waals surface area contributed by atoms with Crippen LogP contribution in [-0.4, -0.2) is 29.0 Å². The van der Waals surface area contributed by atoms with Gasteiger partial charge in [0.1, 0.15) is 0 Å². The average molecular weight is 316 g/mol. The summed E-state index contributed by atoms with van der Waals surface area (Å²) in [4.78, 5) is 24.0. The lowest BCUT2D eigenvalue weighted by atomic mass is 9.90. The van der Waals surface area contributed by atoms with Gasteiger partial charge in [-0.1, -0.05) is 20.8 Å². The maximum atomic E-state index is 12.3. The van der Waals surface area contributed by atoms with E-state index in [9.17, 15) is 4.79 Å². The number of aromatic nitrogens is 2. The summed E-state index contributed by atoms with van der Waals surface area (Å²) in [5.41, 5.74) is 1.85. The van der Waals surface area contributed by atoms with Gasteiger partial charge in [-0.3, -0.25) is 4.79 Å². The Hall–Kier alpha value is -1.65. The SMILES string of the molecule is CC(C)(C)C(=O)N[C@H]1CCCc2nc(N3CCCCC3)ncc21. The molecule has 0 unspecified atom stereocenters. The van der Waals surface area contributed by atoms with Crippen LogP contribution in [0.5, 0.6) is 0 Å². The number of fused-ring (bicyclic) bond motifs is 1. The zero-order valence-electron chi connectivity index (χ0n) is 14.6. The quantitative estimate of drug-likeness (QED) is 0.911. The second-order valence-corrected chi connectivity index (χ2v) is 7.79. The molecule has 1 aliphatic carbocycles. The van der Waals surface area contributed by atoms with Crippen molar-refractivity contribution >= 4 is 11.9 Å². The Morgan fingerprint density at radius 3 is 2.65 bits per heavy atom. The number of anilines is 1. The van der Waals surface area contributed by atoms with Crippen LogP contribution in [0.3, 0.4) is 0 Å². The number of hydrogen-bond acceptors (Lipinski definition) is 4. The molecule has 1 N–H and O–H groups in total. The van der Waals surface area contributed by atoms with Crippen LogP contribution in [0.2, 0.25) is 0 Å². The van der Waals surface area contributed by atoms with Crippen molar-refractivity contribution in [2.24, 2.45) is 5.41 Å². The molecule has 0 saturated carbocycles. The molecule has 0 aromatic carbocycles. The molecule has 1 aromatic heterocycles. The van der Waals surface area contributed by atoms with Gasteiger partial charge in [0.2, 0.25) is 11.9 Å². The van der Waals surface area contributed by atoms with Crippen LogP contribution >= 0.6 is 0 Å². The van der Waals surface area contributed by atoms with Crippen LogP contribution in [0.15, 0.2) is 6.20 Å². The Morgan fingerprint density at radius 1 is 1.22 bits per heavy atom. The largest absolute Gasteiger partial charge is 0.349 e. The van der Waals surface area contributed by atoms with Crippen LogP contribution in [0.4, 0.5) is 5.95 Å². The van der Waals surface area contributed by atoms with E-state index < -0.39 is 0 Å². The van der Waals surface area contributed by atoms with Crippen molar-refractivity contribution < 1.29 is 4.79 Å². The van der Waals surface area contributed by atoms with Gasteiger partial charge >= 0.3 is 0 Å². The third-order valence-electron chi connectivity index (χ3n) is 4.79. The number of amides is 1. The summed E-state index contributed by atoms with van der Waals surface area (Å²) in [6.07, 6.45) is 8.73. The molecule has 5 heteroatoms. The Balaban J connectivity index is 1.78. The molecule has 2 aliphatic rings. The van der Waals surface area contributed by atoms with E-state index in [4.69, 9.17) is 4.98 Å². The molecule has 1 aromatic rings. The molecular formula is C18H28N4O. The summed E-state index contributed by atoms with van der Waals surface area (Å²) in [5, 5.41) is 3.18. The zero-order chi connectivity index (χ0) is 16.4. The van der Waals surface area contributed by atoms with Crippen molar-refractivity contribution in [2.75, 3.05) is 18.0 Å². The van der Waals surface area contributed by atoms with Gasteiger partial charge in [0.15, 0.2) is 0 Å². The van der Waals surface area contributed by atoms with Gasteiger partial charge in [0.05, 0.1) is 11.7 Å². The van der Waals surface area contributed by atoms with Crippen LogP contribution in [-0.2, 0) is 11.2 Å². The lowest BCUT2D eigenvalue weighted by molar-refractivity contribution is -0.129. The fourth-order valence-corrected chi connectivity index (χ4v) is 3.31. The van der Waals surface area contributed by atoms with Gasteiger partial charge in [0, 0.05) is 30.3 Å². The minimum Gasteiger partial charge on any atom is -0.349 e. The first-order valence-electron chi connectivity index (χ1n) is 8.87. The number of aryl methyl sites for hydroxylation is 1. The number of rotatable bonds is 2. The van der Waals surface area contributed by atoms with E-state index >= 15 is 0 Å². The third-order valence-corrected chi connectivity index (χ3v) is 4.79. The molecule has 2 heterocycles. The Morgan fingerprint density at radius 2 is 1.96 bits per heavy atom. The summed E-state index contributed by atoms with van der Waals surface area (Å²) >= 11 is 0. The Bertz CT molecular complexity index is 573. The first-order valence-corrected chi connectivity index (χ1v) is 8.87. The van der Waals surface area contributed by atoms with Crippen molar-refractivity contribution in [2.45, 2.75) is 65.3 Å². The van der Waals surface area contributed by atoms with E-state index in [2.05, 4.69) is 15.2 Å². The highest BCUT2D eigenvalue weighted by atomic mass is 16.2. The number of carbonyl (C=O) groups excluding carboxylic acids is 1. The molecule has 0 radical (unpaired) electrons. The molecule has 1 amide bonds. The number of nitrogens with one attached hydrogen (secondary N) is 1. The van der Waals surface area contributed by atoms with Gasteiger partial charge < -0.3 is 10.2 Å². The van der Waals surface area contributed by atoms with E-state index in [-0.39, 0.29) is 17.4 Å². The lowest BCUT2D eigenvalue weighted by Crippen LogP contribution is -2.39. The molecular weight excluding hydrogens is 288 g/mol. The maximum absolute atomic E-state index is 12.3. The number of hydrogen-bond donors (Lipinski definition) is 1. The summed E-state index contributed by atoms with van der Waals surface area (Å²) in [7, 11) is 0. The Labute approximate surface area is 138 Å². The van der Waals surface area contributed by atoms with E-state index in [0.717, 1.165) is 49.6 Å². The van der Waals surface area contributed by atoms with Crippen molar-refractivity contribution in [3.63, 3.8) is 0 Å². The molecule has 1 fully saturated rings. The maximum Gasteiger partial charge on any atom is 0.225 e. The van der Waals surface area contributed by atoms with Gasteiger partial charge in [0.25, 0.3) is 0 Å². The second kappa shape index (κ2) is 6.46. The summed E-state index contributed by atoms with van der Waals surface area (Å²) < 4.78 is 0. The number of carbonyl (C=O) groups is 1. The number of piperidine rings is 1. The van der Waals surface area contributed by atoms with E-state index in [1.165, 1.54) is 19.3 Å². The fourth-order valence-electron chi connectivity index (χ4n) is 3.31. The molecule has 1 saturated heterocycles. The van der Waals surface area contributed by atoms with Crippen LogP contribution in [0, 0.1) is 5.41 Å². The fraction of sp³-hybridized carbons (Fsp3) is 0.722. The summed E-state index contributed by atoms with van der Waals surface area (Å²) in [6, 6.07) is 0.0564. The smallest absolute Gasteiger partial charge is 0.225 e. The van der Waals surface area contributed by atoms with Crippen molar-refractivity contribution in [3.05, 3.63) is 17.5 Å². The molecule has 1 aliphatic heterocycles. The highest BCUT2D eigenvalue weighted by Gasteiger charge is 2.29. The standard InChI is InChI=1S/C18H28N4O/c1-18(2,3)16(23)20-14-8-7-9-15-13(14)12-19-17(21-15)22-10-5-4-6-11-22/h12,14H,4-11H2,1-3H3,(H,20,23)/t14-/m0/s1. The Kier molecular flexibility index (Phi) is 4.55. The molecule has 1 atom stereocenters. The first-order chi connectivity index (χ1) is 10.9. The van der Waals surface area contributed by atoms with Gasteiger partial charge in [-0.05, 0) is 38.5 Å². The zero-order valence-corrected chi connectivity index (χ0v) is 14.6. The van der Waals surface area contributed by atoms with Gasteiger partial charge in [-0.25, -0.2) is 9.97 Å². The highest BCUT2D eigenvalue weighted by Crippen LogP contribution is 2.30. The third kappa shape index (κ3) is 3.65. The molecule has 0 spiro atoms.